The molecule has 0 spiro atoms. The molecule has 0 unspecified atom stereocenters. The van der Waals surface area contributed by atoms with Gasteiger partial charge in [0.05, 0.1) is 23.8 Å². The monoisotopic (exact) mass is 458 g/mol. The van der Waals surface area contributed by atoms with E-state index in [2.05, 4.69) is 20.4 Å². The van der Waals surface area contributed by atoms with Crippen molar-refractivity contribution in [3.8, 4) is 11.5 Å². The number of phenolic OH excluding ortho intramolecular Hbond substituents is 2. The Balaban J connectivity index is 1.62. The Hall–Kier alpha value is -4.44. The Bertz CT molecular complexity index is 1520. The number of nitrogen functional groups attached to an aromatic ring is 1. The molecule has 2 aromatic carbocycles. The molecule has 5 N–H and O–H groups in total. The minimum atomic E-state index is -0.383. The van der Waals surface area contributed by atoms with Crippen molar-refractivity contribution < 1.29 is 15.0 Å². The molecule has 3 aromatic heterocycles. The zero-order valence-electron chi connectivity index (χ0n) is 17.1. The first-order chi connectivity index (χ1) is 16.0. The minimum absolute atomic E-state index is 0.0863. The SMILES string of the molecule is Nc1c(C(=O)NCc2cccs2)c2nc3ccccc3nc2n1N=Cc1ccc(O)c(O)c1. The van der Waals surface area contributed by atoms with Crippen LogP contribution in [0.5, 0.6) is 11.5 Å². The van der Waals surface area contributed by atoms with E-state index < -0.39 is 0 Å². The highest BCUT2D eigenvalue weighted by Gasteiger charge is 2.24. The number of thiophene rings is 1. The molecular formula is C23H18N6O3S. The van der Waals surface area contributed by atoms with Crippen LogP contribution in [0, 0.1) is 0 Å². The molecule has 5 rings (SSSR count). The van der Waals surface area contributed by atoms with Gasteiger partial charge in [-0.1, -0.05) is 18.2 Å². The van der Waals surface area contributed by atoms with Crippen LogP contribution in [-0.2, 0) is 6.54 Å². The second-order valence-electron chi connectivity index (χ2n) is 7.21. The number of nitrogens with zero attached hydrogens (tertiary/aromatic N) is 4. The summed E-state index contributed by atoms with van der Waals surface area (Å²) in [6.45, 7) is 0.361. The van der Waals surface area contributed by atoms with E-state index in [9.17, 15) is 15.0 Å². The number of nitrogens with two attached hydrogens (primary N) is 1. The summed E-state index contributed by atoms with van der Waals surface area (Å²) in [5.41, 5.74) is 8.99. The van der Waals surface area contributed by atoms with Gasteiger partial charge in [0, 0.05) is 4.88 Å². The van der Waals surface area contributed by atoms with Crippen LogP contribution >= 0.6 is 11.3 Å². The summed E-state index contributed by atoms with van der Waals surface area (Å²) in [4.78, 5) is 23.4. The summed E-state index contributed by atoms with van der Waals surface area (Å²) in [5.74, 6) is -0.807. The maximum Gasteiger partial charge on any atom is 0.257 e. The maximum atomic E-state index is 13.1. The summed E-state index contributed by atoms with van der Waals surface area (Å²) < 4.78 is 1.35. The van der Waals surface area contributed by atoms with E-state index in [1.807, 2.05) is 41.8 Å². The third-order valence-electron chi connectivity index (χ3n) is 5.03. The van der Waals surface area contributed by atoms with E-state index >= 15 is 0 Å². The molecule has 164 valence electrons. The Morgan fingerprint density at radius 2 is 1.88 bits per heavy atom. The van der Waals surface area contributed by atoms with Gasteiger partial charge in [0.1, 0.15) is 16.9 Å². The van der Waals surface area contributed by atoms with Crippen LogP contribution in [0.4, 0.5) is 5.82 Å². The van der Waals surface area contributed by atoms with Crippen molar-refractivity contribution in [2.45, 2.75) is 6.54 Å². The number of hydrogen-bond donors (Lipinski definition) is 4. The number of aromatic nitrogens is 3. The fraction of sp³-hybridized carbons (Fsp3) is 0.0435. The molecule has 33 heavy (non-hydrogen) atoms. The number of phenols is 2. The number of aromatic hydroxyl groups is 2. The molecule has 1 amide bonds. The topological polar surface area (TPSA) is 139 Å². The number of carbonyl (C=O) groups excluding carboxylic acids is 1. The summed E-state index contributed by atoms with van der Waals surface area (Å²) >= 11 is 1.54. The summed E-state index contributed by atoms with van der Waals surface area (Å²) in [6, 6.07) is 15.4. The number of anilines is 1. The lowest BCUT2D eigenvalue weighted by Gasteiger charge is -2.04. The lowest BCUT2D eigenvalue weighted by Crippen LogP contribution is -2.23. The average molecular weight is 459 g/mol. The third-order valence-corrected chi connectivity index (χ3v) is 5.90. The first kappa shape index (κ1) is 20.5. The second-order valence-corrected chi connectivity index (χ2v) is 8.24. The number of amides is 1. The van der Waals surface area contributed by atoms with Crippen molar-refractivity contribution >= 4 is 51.5 Å². The van der Waals surface area contributed by atoms with E-state index in [4.69, 9.17) is 5.73 Å². The maximum absolute atomic E-state index is 13.1. The average Bonchev–Trinajstić information content (AvgIpc) is 3.42. The van der Waals surface area contributed by atoms with Gasteiger partial charge in [-0.2, -0.15) is 9.78 Å². The van der Waals surface area contributed by atoms with Gasteiger partial charge < -0.3 is 21.3 Å². The van der Waals surface area contributed by atoms with E-state index in [1.165, 1.54) is 23.0 Å². The van der Waals surface area contributed by atoms with Crippen molar-refractivity contribution in [1.82, 2.24) is 20.0 Å². The van der Waals surface area contributed by atoms with Gasteiger partial charge in [-0.25, -0.2) is 9.97 Å². The predicted molar refractivity (Wildman–Crippen MR) is 128 cm³/mol. The predicted octanol–water partition coefficient (Wildman–Crippen LogP) is 3.45. The van der Waals surface area contributed by atoms with Crippen LogP contribution in [0.3, 0.4) is 0 Å². The molecule has 5 aromatic rings. The number of hydrogen-bond acceptors (Lipinski definition) is 8. The molecule has 0 radical (unpaired) electrons. The number of fused-ring (bicyclic) bond motifs is 2. The number of carbonyl (C=O) groups is 1. The fourth-order valence-electron chi connectivity index (χ4n) is 3.40. The van der Waals surface area contributed by atoms with E-state index in [0.717, 1.165) is 4.88 Å². The molecule has 0 saturated heterocycles. The lowest BCUT2D eigenvalue weighted by molar-refractivity contribution is 0.0953. The molecule has 10 heteroatoms. The van der Waals surface area contributed by atoms with Gasteiger partial charge in [-0.3, -0.25) is 4.79 Å². The fourth-order valence-corrected chi connectivity index (χ4v) is 4.05. The normalized spacial score (nSPS) is 11.5. The lowest BCUT2D eigenvalue weighted by atomic mass is 10.2. The van der Waals surface area contributed by atoms with Crippen LogP contribution in [0.25, 0.3) is 22.2 Å². The van der Waals surface area contributed by atoms with Gasteiger partial charge in [0.15, 0.2) is 17.1 Å². The summed E-state index contributed by atoms with van der Waals surface area (Å²) in [6.07, 6.45) is 1.44. The van der Waals surface area contributed by atoms with Crippen LogP contribution in [0.2, 0.25) is 0 Å². The van der Waals surface area contributed by atoms with E-state index in [1.54, 1.807) is 17.4 Å². The van der Waals surface area contributed by atoms with Gasteiger partial charge >= 0.3 is 0 Å². The molecule has 0 fully saturated rings. The molecule has 0 aliphatic heterocycles. The number of para-hydroxylation sites is 2. The molecular weight excluding hydrogens is 440 g/mol. The van der Waals surface area contributed by atoms with Gasteiger partial charge in [-0.05, 0) is 47.3 Å². The van der Waals surface area contributed by atoms with Crippen LogP contribution in [0.15, 0.2) is 65.1 Å². The molecule has 0 bridgehead atoms. The van der Waals surface area contributed by atoms with Crippen LogP contribution < -0.4 is 11.1 Å². The van der Waals surface area contributed by atoms with Crippen LogP contribution in [-0.4, -0.2) is 37.0 Å². The van der Waals surface area contributed by atoms with E-state index in [0.29, 0.717) is 34.3 Å². The van der Waals surface area contributed by atoms with Crippen molar-refractivity contribution in [2.24, 2.45) is 5.10 Å². The minimum Gasteiger partial charge on any atom is -0.504 e. The summed E-state index contributed by atoms with van der Waals surface area (Å²) in [5, 5.41) is 28.5. The highest BCUT2D eigenvalue weighted by atomic mass is 32.1. The number of rotatable bonds is 5. The molecule has 3 heterocycles. The van der Waals surface area contributed by atoms with E-state index in [-0.39, 0.29) is 28.8 Å². The van der Waals surface area contributed by atoms with Crippen molar-refractivity contribution in [2.75, 3.05) is 5.73 Å². The van der Waals surface area contributed by atoms with Crippen molar-refractivity contribution in [3.63, 3.8) is 0 Å². The van der Waals surface area contributed by atoms with Gasteiger partial charge in [0.2, 0.25) is 0 Å². The third kappa shape index (κ3) is 3.83. The highest BCUT2D eigenvalue weighted by molar-refractivity contribution is 7.09. The van der Waals surface area contributed by atoms with Gasteiger partial charge in [-0.15, -0.1) is 11.3 Å². The molecule has 0 aliphatic rings. The van der Waals surface area contributed by atoms with Crippen molar-refractivity contribution in [1.29, 1.82) is 0 Å². The second kappa shape index (κ2) is 8.24. The number of nitrogens with one attached hydrogen (secondary N) is 1. The highest BCUT2D eigenvalue weighted by Crippen LogP contribution is 2.28. The standard InChI is InChI=1S/C23H18N6O3S/c24-21-19(23(32)25-12-14-4-3-9-33-14)20-22(28-16-6-2-1-5-15(16)27-20)29(21)26-11-13-7-8-17(30)18(31)10-13/h1-11,30-31H,12,24H2,(H,25,32). The Morgan fingerprint density at radius 1 is 1.09 bits per heavy atom. The van der Waals surface area contributed by atoms with Crippen molar-refractivity contribution in [3.05, 3.63) is 76.0 Å². The van der Waals surface area contributed by atoms with Crippen LogP contribution in [0.1, 0.15) is 20.8 Å². The molecule has 0 aliphatic carbocycles. The Labute approximate surface area is 191 Å². The molecule has 0 atom stereocenters. The summed E-state index contributed by atoms with van der Waals surface area (Å²) in [7, 11) is 0. The Morgan fingerprint density at radius 3 is 2.61 bits per heavy atom. The largest absolute Gasteiger partial charge is 0.504 e. The zero-order chi connectivity index (χ0) is 22.9. The first-order valence-corrected chi connectivity index (χ1v) is 10.8. The molecule has 9 nitrogen and oxygen atoms in total. The quantitative estimate of drug-likeness (QED) is 0.235. The first-order valence-electron chi connectivity index (χ1n) is 9.95. The van der Waals surface area contributed by atoms with Gasteiger partial charge in [0.25, 0.3) is 5.91 Å². The molecule has 0 saturated carbocycles. The Kier molecular flexibility index (Phi) is 5.11. The number of benzene rings is 2. The zero-order valence-corrected chi connectivity index (χ0v) is 18.0. The smallest absolute Gasteiger partial charge is 0.257 e.